The van der Waals surface area contributed by atoms with E-state index in [1.165, 1.54) is 0 Å². The fourth-order valence-electron chi connectivity index (χ4n) is 1.72. The Hall–Kier alpha value is -1.66. The number of benzene rings is 1. The minimum Gasteiger partial charge on any atom is -0.497 e. The molecule has 1 N–H and O–H groups in total. The molecule has 1 rings (SSSR count). The summed E-state index contributed by atoms with van der Waals surface area (Å²) in [5.74, 6) is 4.37. The van der Waals surface area contributed by atoms with E-state index in [1.807, 2.05) is 18.2 Å². The van der Waals surface area contributed by atoms with Gasteiger partial charge in [0, 0.05) is 18.5 Å². The number of hydrogen-bond donors (Lipinski definition) is 1. The predicted molar refractivity (Wildman–Crippen MR) is 78.6 cm³/mol. The molecule has 3 nitrogen and oxygen atoms in total. The molecule has 0 fully saturated rings. The number of ether oxygens (including phenoxy) is 2. The Morgan fingerprint density at radius 3 is 2.89 bits per heavy atom. The van der Waals surface area contributed by atoms with Gasteiger partial charge in [-0.2, -0.15) is 0 Å². The zero-order chi connectivity index (χ0) is 13.9. The lowest BCUT2D eigenvalue weighted by Gasteiger charge is -2.13. The van der Waals surface area contributed by atoms with Crippen LogP contribution in [-0.2, 0) is 6.54 Å². The zero-order valence-corrected chi connectivity index (χ0v) is 11.9. The maximum absolute atomic E-state index is 5.78. The quantitative estimate of drug-likeness (QED) is 0.547. The first-order valence-electron chi connectivity index (χ1n) is 6.75. The van der Waals surface area contributed by atoms with Crippen LogP contribution in [0.5, 0.6) is 11.5 Å². The van der Waals surface area contributed by atoms with Crippen molar-refractivity contribution >= 4 is 0 Å². The summed E-state index contributed by atoms with van der Waals surface area (Å²) in [6, 6.07) is 5.89. The molecule has 19 heavy (non-hydrogen) atoms. The van der Waals surface area contributed by atoms with Crippen LogP contribution in [0.3, 0.4) is 0 Å². The lowest BCUT2D eigenvalue weighted by Crippen LogP contribution is -2.15. The van der Waals surface area contributed by atoms with Gasteiger partial charge in [0.05, 0.1) is 13.7 Å². The highest BCUT2D eigenvalue weighted by Gasteiger charge is 2.05. The first-order valence-corrected chi connectivity index (χ1v) is 6.75. The Balaban J connectivity index is 2.63. The summed E-state index contributed by atoms with van der Waals surface area (Å²) in [6.45, 7) is 4.58. The molecule has 1 aromatic carbocycles. The number of terminal acetylenes is 1. The van der Waals surface area contributed by atoms with Gasteiger partial charge in [0.15, 0.2) is 0 Å². The second-order valence-electron chi connectivity index (χ2n) is 4.31. The molecule has 104 valence electrons. The van der Waals surface area contributed by atoms with Gasteiger partial charge in [0.2, 0.25) is 0 Å². The number of nitrogens with one attached hydrogen (secondary N) is 1. The Bertz CT molecular complexity index is 410. The molecule has 0 saturated heterocycles. The van der Waals surface area contributed by atoms with Crippen LogP contribution in [0.15, 0.2) is 18.2 Å². The molecule has 1 aromatic rings. The van der Waals surface area contributed by atoms with Crippen molar-refractivity contribution in [3.63, 3.8) is 0 Å². The second-order valence-corrected chi connectivity index (χ2v) is 4.31. The third-order valence-corrected chi connectivity index (χ3v) is 2.73. The number of rotatable bonds is 9. The first-order chi connectivity index (χ1) is 9.31. The Morgan fingerprint density at radius 1 is 1.37 bits per heavy atom. The summed E-state index contributed by atoms with van der Waals surface area (Å²) >= 11 is 0. The van der Waals surface area contributed by atoms with Gasteiger partial charge >= 0.3 is 0 Å². The van der Waals surface area contributed by atoms with Gasteiger partial charge in [-0.25, -0.2) is 0 Å². The Kier molecular flexibility index (Phi) is 7.53. The highest BCUT2D eigenvalue weighted by molar-refractivity contribution is 5.40. The number of unbranched alkanes of at least 4 members (excludes halogenated alkanes) is 1. The van der Waals surface area contributed by atoms with Crippen molar-refractivity contribution in [1.29, 1.82) is 0 Å². The van der Waals surface area contributed by atoms with Crippen LogP contribution in [0.4, 0.5) is 0 Å². The van der Waals surface area contributed by atoms with Crippen molar-refractivity contribution in [3.05, 3.63) is 23.8 Å². The monoisotopic (exact) mass is 261 g/mol. The lowest BCUT2D eigenvalue weighted by atomic mass is 10.2. The minimum atomic E-state index is 0.650. The average molecular weight is 261 g/mol. The molecule has 0 amide bonds. The normalized spacial score (nSPS) is 9.95. The van der Waals surface area contributed by atoms with Gasteiger partial charge in [-0.05, 0) is 37.6 Å². The van der Waals surface area contributed by atoms with E-state index in [2.05, 4.69) is 18.2 Å². The van der Waals surface area contributed by atoms with Crippen LogP contribution in [0.25, 0.3) is 0 Å². The van der Waals surface area contributed by atoms with Crippen LogP contribution in [-0.4, -0.2) is 20.3 Å². The van der Waals surface area contributed by atoms with E-state index in [0.717, 1.165) is 49.4 Å². The highest BCUT2D eigenvalue weighted by atomic mass is 16.5. The maximum Gasteiger partial charge on any atom is 0.124 e. The van der Waals surface area contributed by atoms with Crippen LogP contribution in [0, 0.1) is 12.3 Å². The SMILES string of the molecule is C#CCCCOc1ccc(OC)cc1CNCCC. The first kappa shape index (κ1) is 15.4. The molecule has 0 unspecified atom stereocenters. The molecule has 0 radical (unpaired) electrons. The van der Waals surface area contributed by atoms with E-state index in [-0.39, 0.29) is 0 Å². The fraction of sp³-hybridized carbons (Fsp3) is 0.500. The summed E-state index contributed by atoms with van der Waals surface area (Å²) in [7, 11) is 1.67. The molecule has 0 aliphatic heterocycles. The Morgan fingerprint density at radius 2 is 2.21 bits per heavy atom. The summed E-state index contributed by atoms with van der Waals surface area (Å²) < 4.78 is 11.0. The third-order valence-electron chi connectivity index (χ3n) is 2.73. The molecule has 0 aliphatic rings. The topological polar surface area (TPSA) is 30.5 Å². The second kappa shape index (κ2) is 9.29. The summed E-state index contributed by atoms with van der Waals surface area (Å²) in [4.78, 5) is 0. The van der Waals surface area contributed by atoms with Gasteiger partial charge in [-0.1, -0.05) is 6.92 Å². The largest absolute Gasteiger partial charge is 0.497 e. The lowest BCUT2D eigenvalue weighted by molar-refractivity contribution is 0.308. The Labute approximate surface area is 116 Å². The molecule has 0 bridgehead atoms. The molecule has 0 saturated carbocycles. The summed E-state index contributed by atoms with van der Waals surface area (Å²) in [5.41, 5.74) is 1.12. The van der Waals surface area contributed by atoms with Crippen molar-refractivity contribution < 1.29 is 9.47 Å². The third kappa shape index (κ3) is 5.67. The molecule has 0 aliphatic carbocycles. The van der Waals surface area contributed by atoms with E-state index in [9.17, 15) is 0 Å². The van der Waals surface area contributed by atoms with Crippen LogP contribution in [0.2, 0.25) is 0 Å². The summed E-state index contributed by atoms with van der Waals surface area (Å²) in [5, 5.41) is 3.38. The molecule has 0 spiro atoms. The average Bonchev–Trinajstić information content (AvgIpc) is 2.45. The smallest absolute Gasteiger partial charge is 0.124 e. The van der Waals surface area contributed by atoms with Crippen molar-refractivity contribution in [3.8, 4) is 23.8 Å². The molecule has 3 heteroatoms. The van der Waals surface area contributed by atoms with Gasteiger partial charge in [-0.15, -0.1) is 12.3 Å². The molecular weight excluding hydrogens is 238 g/mol. The van der Waals surface area contributed by atoms with E-state index < -0.39 is 0 Å². The van der Waals surface area contributed by atoms with E-state index in [0.29, 0.717) is 6.61 Å². The van der Waals surface area contributed by atoms with E-state index in [4.69, 9.17) is 15.9 Å². The van der Waals surface area contributed by atoms with Crippen molar-refractivity contribution in [2.24, 2.45) is 0 Å². The van der Waals surface area contributed by atoms with E-state index in [1.54, 1.807) is 7.11 Å². The van der Waals surface area contributed by atoms with Gasteiger partial charge in [-0.3, -0.25) is 0 Å². The van der Waals surface area contributed by atoms with E-state index >= 15 is 0 Å². The minimum absolute atomic E-state index is 0.650. The molecular formula is C16H23NO2. The van der Waals surface area contributed by atoms with Crippen LogP contribution >= 0.6 is 0 Å². The maximum atomic E-state index is 5.78. The molecule has 0 atom stereocenters. The summed E-state index contributed by atoms with van der Waals surface area (Å²) in [6.07, 6.45) is 7.97. The van der Waals surface area contributed by atoms with Crippen molar-refractivity contribution in [1.82, 2.24) is 5.32 Å². The standard InChI is InChI=1S/C16H23NO2/c1-4-6-7-11-19-16-9-8-15(18-3)12-14(16)13-17-10-5-2/h1,8-9,12,17H,5-7,10-11,13H2,2-3H3. The van der Waals surface area contributed by atoms with Gasteiger partial charge in [0.25, 0.3) is 0 Å². The fourth-order valence-corrected chi connectivity index (χ4v) is 1.72. The number of hydrogen-bond acceptors (Lipinski definition) is 3. The zero-order valence-electron chi connectivity index (χ0n) is 11.9. The van der Waals surface area contributed by atoms with Crippen LogP contribution < -0.4 is 14.8 Å². The van der Waals surface area contributed by atoms with Crippen molar-refractivity contribution in [2.45, 2.75) is 32.7 Å². The van der Waals surface area contributed by atoms with Gasteiger partial charge < -0.3 is 14.8 Å². The molecule has 0 aromatic heterocycles. The van der Waals surface area contributed by atoms with Crippen molar-refractivity contribution in [2.75, 3.05) is 20.3 Å². The molecule has 0 heterocycles. The van der Waals surface area contributed by atoms with Crippen LogP contribution in [0.1, 0.15) is 31.7 Å². The highest BCUT2D eigenvalue weighted by Crippen LogP contribution is 2.24. The predicted octanol–water partition coefficient (Wildman–Crippen LogP) is 2.99. The van der Waals surface area contributed by atoms with Gasteiger partial charge in [0.1, 0.15) is 11.5 Å². The number of methoxy groups -OCH3 is 1.